The van der Waals surface area contributed by atoms with E-state index in [1.807, 2.05) is 18.0 Å². The lowest BCUT2D eigenvalue weighted by molar-refractivity contribution is 0.581. The molecule has 0 spiro atoms. The van der Waals surface area contributed by atoms with Gasteiger partial charge in [0.2, 0.25) is 0 Å². The molecule has 2 nitrogen and oxygen atoms in total. The van der Waals surface area contributed by atoms with Crippen molar-refractivity contribution in [2.45, 2.75) is 0 Å². The number of hydrogen-bond acceptors (Lipinski definition) is 1. The highest BCUT2D eigenvalue weighted by Crippen LogP contribution is 1.73. The molecule has 0 aromatic heterocycles. The van der Waals surface area contributed by atoms with Gasteiger partial charge in [0.25, 0.3) is 0 Å². The zero-order valence-corrected chi connectivity index (χ0v) is 5.46. The van der Waals surface area contributed by atoms with E-state index >= 15 is 0 Å². The van der Waals surface area contributed by atoms with E-state index in [0.29, 0.717) is 0 Å². The zero-order valence-electron chi connectivity index (χ0n) is 5.46. The second-order valence-electron chi connectivity index (χ2n) is 1.60. The molecule has 0 bridgehead atoms. The van der Waals surface area contributed by atoms with Crippen LogP contribution in [0.4, 0.5) is 0 Å². The Bertz CT molecular complexity index is 86.5. The second kappa shape index (κ2) is 4.37. The first-order chi connectivity index (χ1) is 3.81. The minimum absolute atomic E-state index is 0.858. The summed E-state index contributed by atoms with van der Waals surface area (Å²) in [5, 5.41) is 0. The van der Waals surface area contributed by atoms with Crippen molar-refractivity contribution in [1.82, 2.24) is 4.90 Å². The SMILES string of the molecule is C=CCN(C)/C=N\C. The third-order valence-corrected chi connectivity index (χ3v) is 0.730. The van der Waals surface area contributed by atoms with Crippen LogP contribution in [-0.2, 0) is 0 Å². The molecule has 0 saturated heterocycles. The van der Waals surface area contributed by atoms with E-state index in [0.717, 1.165) is 6.54 Å². The maximum absolute atomic E-state index is 3.81. The third-order valence-electron chi connectivity index (χ3n) is 0.730. The maximum Gasteiger partial charge on any atom is 0.0846 e. The number of hydrogen-bond donors (Lipinski definition) is 0. The molecular weight excluding hydrogens is 100 g/mol. The van der Waals surface area contributed by atoms with Crippen LogP contribution in [-0.4, -0.2) is 31.9 Å². The van der Waals surface area contributed by atoms with Crippen LogP contribution in [0.5, 0.6) is 0 Å². The van der Waals surface area contributed by atoms with Crippen molar-refractivity contribution in [3.8, 4) is 0 Å². The second-order valence-corrected chi connectivity index (χ2v) is 1.60. The van der Waals surface area contributed by atoms with Crippen molar-refractivity contribution in [3.05, 3.63) is 12.7 Å². The summed E-state index contributed by atoms with van der Waals surface area (Å²) < 4.78 is 0. The summed E-state index contributed by atoms with van der Waals surface area (Å²) >= 11 is 0. The van der Waals surface area contributed by atoms with Gasteiger partial charge in [-0.05, 0) is 0 Å². The van der Waals surface area contributed by atoms with Crippen molar-refractivity contribution in [3.63, 3.8) is 0 Å². The molecule has 0 aliphatic heterocycles. The lowest BCUT2D eigenvalue weighted by Gasteiger charge is -2.06. The fourth-order valence-corrected chi connectivity index (χ4v) is 0.448. The molecule has 0 fully saturated rings. The molecule has 8 heavy (non-hydrogen) atoms. The van der Waals surface area contributed by atoms with Crippen LogP contribution in [0.1, 0.15) is 0 Å². The van der Waals surface area contributed by atoms with Crippen molar-refractivity contribution in [2.75, 3.05) is 20.6 Å². The van der Waals surface area contributed by atoms with Crippen LogP contribution in [0.3, 0.4) is 0 Å². The van der Waals surface area contributed by atoms with Crippen LogP contribution < -0.4 is 0 Å². The highest BCUT2D eigenvalue weighted by Gasteiger charge is 1.80. The molecule has 0 rings (SSSR count). The van der Waals surface area contributed by atoms with E-state index in [-0.39, 0.29) is 0 Å². The Labute approximate surface area is 50.5 Å². The Balaban J connectivity index is 3.31. The monoisotopic (exact) mass is 112 g/mol. The third kappa shape index (κ3) is 3.40. The normalized spacial score (nSPS) is 9.75. The van der Waals surface area contributed by atoms with E-state index < -0.39 is 0 Å². The van der Waals surface area contributed by atoms with Gasteiger partial charge in [-0.15, -0.1) is 6.58 Å². The molecule has 0 amide bonds. The first-order valence-corrected chi connectivity index (χ1v) is 2.54. The van der Waals surface area contributed by atoms with Gasteiger partial charge in [-0.3, -0.25) is 4.99 Å². The first-order valence-electron chi connectivity index (χ1n) is 2.54. The van der Waals surface area contributed by atoms with Gasteiger partial charge in [-0.1, -0.05) is 6.08 Å². The summed E-state index contributed by atoms with van der Waals surface area (Å²) in [6.45, 7) is 4.44. The Kier molecular flexibility index (Phi) is 3.94. The molecule has 0 aromatic rings. The molecule has 0 radical (unpaired) electrons. The largest absolute Gasteiger partial charge is 0.362 e. The summed E-state index contributed by atoms with van der Waals surface area (Å²) in [4.78, 5) is 5.76. The van der Waals surface area contributed by atoms with Gasteiger partial charge in [-0.2, -0.15) is 0 Å². The van der Waals surface area contributed by atoms with Gasteiger partial charge in [-0.25, -0.2) is 0 Å². The molecular formula is C6H12N2. The summed E-state index contributed by atoms with van der Waals surface area (Å²) in [6, 6.07) is 0. The Morgan fingerprint density at radius 1 is 1.75 bits per heavy atom. The predicted octanol–water partition coefficient (Wildman–Crippen LogP) is 0.762. The number of nitrogens with zero attached hydrogens (tertiary/aromatic N) is 2. The van der Waals surface area contributed by atoms with E-state index in [1.165, 1.54) is 0 Å². The minimum atomic E-state index is 0.858. The van der Waals surface area contributed by atoms with Crippen LogP contribution in [0.15, 0.2) is 17.6 Å². The Hall–Kier alpha value is -0.790. The fraction of sp³-hybridized carbons (Fsp3) is 0.500. The van der Waals surface area contributed by atoms with E-state index in [4.69, 9.17) is 0 Å². The number of aliphatic imine (C=N–C) groups is 1. The lowest BCUT2D eigenvalue weighted by atomic mass is 10.6. The predicted molar refractivity (Wildman–Crippen MR) is 37.2 cm³/mol. The fourth-order valence-electron chi connectivity index (χ4n) is 0.448. The molecule has 0 unspecified atom stereocenters. The van der Waals surface area contributed by atoms with Gasteiger partial charge >= 0.3 is 0 Å². The van der Waals surface area contributed by atoms with E-state index in [1.54, 1.807) is 13.4 Å². The molecule has 0 N–H and O–H groups in total. The molecule has 0 saturated carbocycles. The average Bonchev–Trinajstić information content (AvgIpc) is 1.68. The maximum atomic E-state index is 3.81. The van der Waals surface area contributed by atoms with Crippen LogP contribution in [0.2, 0.25) is 0 Å². The summed E-state index contributed by atoms with van der Waals surface area (Å²) in [7, 11) is 3.70. The van der Waals surface area contributed by atoms with Gasteiger partial charge in [0.15, 0.2) is 0 Å². The van der Waals surface area contributed by atoms with Crippen LogP contribution >= 0.6 is 0 Å². The summed E-state index contributed by atoms with van der Waals surface area (Å²) in [5.74, 6) is 0. The van der Waals surface area contributed by atoms with Gasteiger partial charge in [0.1, 0.15) is 0 Å². The van der Waals surface area contributed by atoms with Crippen LogP contribution in [0.25, 0.3) is 0 Å². The van der Waals surface area contributed by atoms with Crippen molar-refractivity contribution in [2.24, 2.45) is 4.99 Å². The Morgan fingerprint density at radius 3 is 2.75 bits per heavy atom. The summed E-state index contributed by atoms with van der Waals surface area (Å²) in [6.07, 6.45) is 3.60. The average molecular weight is 112 g/mol. The molecule has 0 aliphatic carbocycles. The highest BCUT2D eigenvalue weighted by molar-refractivity contribution is 5.54. The van der Waals surface area contributed by atoms with Crippen molar-refractivity contribution < 1.29 is 0 Å². The Morgan fingerprint density at radius 2 is 2.38 bits per heavy atom. The standard InChI is InChI=1S/C6H12N2/c1-4-5-8(3)6-7-2/h4,6H,1,5H2,2-3H3/b7-6-. The van der Waals surface area contributed by atoms with Gasteiger partial charge in [0, 0.05) is 20.6 Å². The number of likely N-dealkylation sites (N-methyl/N-ethyl adjacent to an activating group) is 1. The summed E-state index contributed by atoms with van der Waals surface area (Å²) in [5.41, 5.74) is 0. The molecule has 0 aliphatic rings. The quantitative estimate of drug-likeness (QED) is 0.299. The molecule has 0 atom stereocenters. The topological polar surface area (TPSA) is 15.6 Å². The molecule has 2 heteroatoms. The van der Waals surface area contributed by atoms with Crippen molar-refractivity contribution >= 4 is 6.34 Å². The minimum Gasteiger partial charge on any atom is -0.362 e. The first kappa shape index (κ1) is 7.21. The van der Waals surface area contributed by atoms with E-state index in [2.05, 4.69) is 11.6 Å². The lowest BCUT2D eigenvalue weighted by Crippen LogP contribution is -2.14. The smallest absolute Gasteiger partial charge is 0.0846 e. The molecule has 0 aromatic carbocycles. The van der Waals surface area contributed by atoms with Gasteiger partial charge < -0.3 is 4.90 Å². The van der Waals surface area contributed by atoms with Gasteiger partial charge in [0.05, 0.1) is 6.34 Å². The highest BCUT2D eigenvalue weighted by atomic mass is 15.1. The molecule has 46 valence electrons. The number of rotatable bonds is 3. The van der Waals surface area contributed by atoms with Crippen LogP contribution in [0, 0.1) is 0 Å². The molecule has 0 heterocycles. The zero-order chi connectivity index (χ0) is 6.41. The van der Waals surface area contributed by atoms with E-state index in [9.17, 15) is 0 Å². The van der Waals surface area contributed by atoms with Crippen molar-refractivity contribution in [1.29, 1.82) is 0 Å².